The lowest BCUT2D eigenvalue weighted by Gasteiger charge is -2.13. The van der Waals surface area contributed by atoms with Crippen molar-refractivity contribution < 1.29 is 4.74 Å². The summed E-state index contributed by atoms with van der Waals surface area (Å²) in [6.07, 6.45) is 0. The minimum absolute atomic E-state index is 0.932. The van der Waals surface area contributed by atoms with Crippen LogP contribution in [0, 0.1) is 0 Å². The van der Waals surface area contributed by atoms with Gasteiger partial charge in [-0.15, -0.1) is 0 Å². The normalized spacial score (nSPS) is 11.7. The molecule has 0 aliphatic carbocycles. The highest BCUT2D eigenvalue weighted by Crippen LogP contribution is 2.40. The highest BCUT2D eigenvalue weighted by molar-refractivity contribution is 9.10. The van der Waals surface area contributed by atoms with E-state index in [0.29, 0.717) is 0 Å². The summed E-state index contributed by atoms with van der Waals surface area (Å²) in [7, 11) is 1.72. The SMILES string of the molecule is COc1ccc2ccc3ccc(Br)c4ccc1c2c34. The van der Waals surface area contributed by atoms with Gasteiger partial charge in [-0.25, -0.2) is 0 Å². The van der Waals surface area contributed by atoms with E-state index in [2.05, 4.69) is 58.4 Å². The molecule has 19 heavy (non-hydrogen) atoms. The summed E-state index contributed by atoms with van der Waals surface area (Å²) < 4.78 is 6.63. The smallest absolute Gasteiger partial charge is 0.126 e. The maximum atomic E-state index is 5.49. The van der Waals surface area contributed by atoms with Gasteiger partial charge in [-0.1, -0.05) is 46.3 Å². The quantitative estimate of drug-likeness (QED) is 0.430. The van der Waals surface area contributed by atoms with E-state index in [0.717, 1.165) is 10.2 Å². The van der Waals surface area contributed by atoms with Crippen molar-refractivity contribution in [2.24, 2.45) is 0 Å². The molecule has 0 heterocycles. The largest absolute Gasteiger partial charge is 0.496 e. The molecule has 0 radical (unpaired) electrons. The number of hydrogen-bond acceptors (Lipinski definition) is 1. The Kier molecular flexibility index (Phi) is 2.24. The Bertz CT molecular complexity index is 911. The first kappa shape index (κ1) is 11.1. The van der Waals surface area contributed by atoms with Crippen molar-refractivity contribution in [2.45, 2.75) is 0 Å². The summed E-state index contributed by atoms with van der Waals surface area (Å²) in [6, 6.07) is 17.1. The third-order valence-electron chi connectivity index (χ3n) is 3.79. The number of hydrogen-bond donors (Lipinski definition) is 0. The fourth-order valence-corrected chi connectivity index (χ4v) is 3.38. The maximum absolute atomic E-state index is 5.49. The molecular formula is C17H11BrO. The summed E-state index contributed by atoms with van der Waals surface area (Å²) >= 11 is 3.65. The lowest BCUT2D eigenvalue weighted by molar-refractivity contribution is 0.420. The number of rotatable bonds is 1. The average molecular weight is 311 g/mol. The predicted molar refractivity (Wildman–Crippen MR) is 84.4 cm³/mol. The molecule has 1 nitrogen and oxygen atoms in total. The molecule has 0 fully saturated rings. The third-order valence-corrected chi connectivity index (χ3v) is 4.48. The first-order chi connectivity index (χ1) is 9.29. The van der Waals surface area contributed by atoms with Gasteiger partial charge in [-0.2, -0.15) is 0 Å². The molecule has 0 saturated carbocycles. The van der Waals surface area contributed by atoms with Crippen molar-refractivity contribution in [3.63, 3.8) is 0 Å². The molecule has 2 heteroatoms. The Hall–Kier alpha value is -1.80. The van der Waals surface area contributed by atoms with Gasteiger partial charge in [0.25, 0.3) is 0 Å². The predicted octanol–water partition coefficient (Wildman–Crippen LogP) is 5.36. The highest BCUT2D eigenvalue weighted by Gasteiger charge is 2.12. The van der Waals surface area contributed by atoms with Gasteiger partial charge < -0.3 is 4.74 Å². The number of halogens is 1. The van der Waals surface area contributed by atoms with Gasteiger partial charge >= 0.3 is 0 Å². The lowest BCUT2D eigenvalue weighted by Crippen LogP contribution is -1.88. The Morgan fingerprint density at radius 2 is 1.32 bits per heavy atom. The second-order valence-electron chi connectivity index (χ2n) is 4.74. The minimum atomic E-state index is 0.932. The molecule has 0 spiro atoms. The summed E-state index contributed by atoms with van der Waals surface area (Å²) in [5.74, 6) is 0.932. The van der Waals surface area contributed by atoms with E-state index >= 15 is 0 Å². The van der Waals surface area contributed by atoms with Crippen LogP contribution in [-0.2, 0) is 0 Å². The number of methoxy groups -OCH3 is 1. The zero-order valence-electron chi connectivity index (χ0n) is 10.4. The molecule has 4 aromatic rings. The zero-order chi connectivity index (χ0) is 13.0. The van der Waals surface area contributed by atoms with E-state index in [1.165, 1.54) is 32.3 Å². The van der Waals surface area contributed by atoms with Gasteiger partial charge in [0.2, 0.25) is 0 Å². The van der Waals surface area contributed by atoms with Crippen molar-refractivity contribution in [3.05, 3.63) is 53.0 Å². The van der Waals surface area contributed by atoms with Gasteiger partial charge in [-0.05, 0) is 39.7 Å². The second-order valence-corrected chi connectivity index (χ2v) is 5.59. The van der Waals surface area contributed by atoms with Crippen molar-refractivity contribution >= 4 is 48.2 Å². The van der Waals surface area contributed by atoms with Crippen LogP contribution in [0.25, 0.3) is 32.3 Å². The van der Waals surface area contributed by atoms with Gasteiger partial charge in [0.1, 0.15) is 5.75 Å². The van der Waals surface area contributed by atoms with Gasteiger partial charge in [0.15, 0.2) is 0 Å². The van der Waals surface area contributed by atoms with Crippen LogP contribution >= 0.6 is 15.9 Å². The van der Waals surface area contributed by atoms with Crippen LogP contribution in [0.5, 0.6) is 5.75 Å². The van der Waals surface area contributed by atoms with E-state index in [-0.39, 0.29) is 0 Å². The first-order valence-electron chi connectivity index (χ1n) is 6.19. The van der Waals surface area contributed by atoms with Crippen molar-refractivity contribution in [2.75, 3.05) is 7.11 Å². The van der Waals surface area contributed by atoms with Crippen LogP contribution in [0.15, 0.2) is 53.0 Å². The summed E-state index contributed by atoms with van der Waals surface area (Å²) in [4.78, 5) is 0. The molecule has 0 aliphatic heterocycles. The van der Waals surface area contributed by atoms with Crippen LogP contribution in [0.2, 0.25) is 0 Å². The Balaban J connectivity index is 2.39. The van der Waals surface area contributed by atoms with E-state index in [4.69, 9.17) is 4.74 Å². The number of ether oxygens (including phenoxy) is 1. The fraction of sp³-hybridized carbons (Fsp3) is 0.0588. The molecule has 0 N–H and O–H groups in total. The summed E-state index contributed by atoms with van der Waals surface area (Å²) in [6.45, 7) is 0. The molecule has 0 bridgehead atoms. The van der Waals surface area contributed by atoms with Crippen LogP contribution in [0.1, 0.15) is 0 Å². The first-order valence-corrected chi connectivity index (χ1v) is 6.99. The van der Waals surface area contributed by atoms with E-state index in [1.807, 2.05) is 6.07 Å². The maximum Gasteiger partial charge on any atom is 0.126 e. The van der Waals surface area contributed by atoms with E-state index < -0.39 is 0 Å². The van der Waals surface area contributed by atoms with Crippen molar-refractivity contribution in [3.8, 4) is 5.75 Å². The monoisotopic (exact) mass is 310 g/mol. The molecule has 92 valence electrons. The van der Waals surface area contributed by atoms with Crippen LogP contribution in [-0.4, -0.2) is 7.11 Å². The molecule has 0 aromatic heterocycles. The van der Waals surface area contributed by atoms with E-state index in [1.54, 1.807) is 7.11 Å². The Labute approximate surface area is 119 Å². The summed E-state index contributed by atoms with van der Waals surface area (Å²) in [5, 5.41) is 7.55. The van der Waals surface area contributed by atoms with Crippen LogP contribution in [0.3, 0.4) is 0 Å². The molecule has 0 atom stereocenters. The Morgan fingerprint density at radius 3 is 2.05 bits per heavy atom. The molecule has 4 rings (SSSR count). The molecule has 4 aromatic carbocycles. The van der Waals surface area contributed by atoms with Crippen LogP contribution in [0.4, 0.5) is 0 Å². The van der Waals surface area contributed by atoms with Gasteiger partial charge in [-0.3, -0.25) is 0 Å². The molecule has 0 amide bonds. The Morgan fingerprint density at radius 1 is 0.737 bits per heavy atom. The number of benzene rings is 4. The van der Waals surface area contributed by atoms with Crippen molar-refractivity contribution in [1.29, 1.82) is 0 Å². The molecular weight excluding hydrogens is 300 g/mol. The molecule has 0 saturated heterocycles. The third kappa shape index (κ3) is 1.41. The minimum Gasteiger partial charge on any atom is -0.496 e. The second kappa shape index (κ2) is 3.84. The van der Waals surface area contributed by atoms with Crippen molar-refractivity contribution in [1.82, 2.24) is 0 Å². The highest BCUT2D eigenvalue weighted by atomic mass is 79.9. The van der Waals surface area contributed by atoms with Crippen LogP contribution < -0.4 is 4.74 Å². The lowest BCUT2D eigenvalue weighted by atomic mass is 9.94. The van der Waals surface area contributed by atoms with E-state index in [9.17, 15) is 0 Å². The molecule has 0 unspecified atom stereocenters. The fourth-order valence-electron chi connectivity index (χ4n) is 2.92. The van der Waals surface area contributed by atoms with Gasteiger partial charge in [0, 0.05) is 15.2 Å². The standard InChI is InChI=1S/C17H11BrO/c1-19-15-9-5-11-3-2-10-4-8-14(18)12-6-7-13(15)17(11)16(10)12/h2-9H,1H3. The topological polar surface area (TPSA) is 9.23 Å². The van der Waals surface area contributed by atoms with Gasteiger partial charge in [0.05, 0.1) is 7.11 Å². The zero-order valence-corrected chi connectivity index (χ0v) is 12.0. The molecule has 0 aliphatic rings. The average Bonchev–Trinajstić information content (AvgIpc) is 2.46. The summed E-state index contributed by atoms with van der Waals surface area (Å²) in [5.41, 5.74) is 0.